The third kappa shape index (κ3) is 2.96. The third-order valence-electron chi connectivity index (χ3n) is 2.63. The fraction of sp³-hybridized carbons (Fsp3) is 0.200. The molecule has 1 heteroatoms. The molecule has 16 heavy (non-hydrogen) atoms. The molecule has 0 fully saturated rings. The molecule has 0 aromatic rings. The van der Waals surface area contributed by atoms with Crippen LogP contribution in [-0.2, 0) is 0 Å². The maximum absolute atomic E-state index is 3.57. The Kier molecular flexibility index (Phi) is 3.79. The van der Waals surface area contributed by atoms with Gasteiger partial charge < -0.3 is 0 Å². The van der Waals surface area contributed by atoms with E-state index in [4.69, 9.17) is 0 Å². The zero-order chi connectivity index (χ0) is 11.4. The maximum Gasteiger partial charge on any atom is 0.0144 e. The lowest BCUT2D eigenvalue weighted by molar-refractivity contribution is 1.21. The van der Waals surface area contributed by atoms with E-state index in [2.05, 4.69) is 71.5 Å². The van der Waals surface area contributed by atoms with Crippen LogP contribution in [0, 0.1) is 0 Å². The van der Waals surface area contributed by atoms with E-state index in [1.165, 1.54) is 16.7 Å². The van der Waals surface area contributed by atoms with Crippen LogP contribution < -0.4 is 0 Å². The summed E-state index contributed by atoms with van der Waals surface area (Å²) in [4.78, 5) is 0. The van der Waals surface area contributed by atoms with Crippen LogP contribution in [0.25, 0.3) is 0 Å². The van der Waals surface area contributed by atoms with Gasteiger partial charge in [-0.3, -0.25) is 0 Å². The van der Waals surface area contributed by atoms with Crippen molar-refractivity contribution in [2.75, 3.05) is 0 Å². The van der Waals surface area contributed by atoms with Gasteiger partial charge in [0, 0.05) is 4.48 Å². The van der Waals surface area contributed by atoms with Gasteiger partial charge in [-0.05, 0) is 37.0 Å². The van der Waals surface area contributed by atoms with Crippen molar-refractivity contribution in [1.29, 1.82) is 0 Å². The molecule has 0 bridgehead atoms. The standard InChI is InChI=1S/C15H15Br/c1-12-8-9-15(16)11-14(10-12)13-6-4-2-3-5-7-13/h2,4-7,9-11H,3,8H2,1H3. The Balaban J connectivity index is 2.38. The first-order valence-corrected chi connectivity index (χ1v) is 6.33. The Morgan fingerprint density at radius 2 is 2.00 bits per heavy atom. The minimum absolute atomic E-state index is 1.02. The highest BCUT2D eigenvalue weighted by atomic mass is 79.9. The molecule has 0 saturated heterocycles. The molecule has 0 aliphatic heterocycles. The molecule has 2 rings (SSSR count). The topological polar surface area (TPSA) is 0 Å². The molecule has 2 aliphatic carbocycles. The number of hydrogen-bond donors (Lipinski definition) is 0. The van der Waals surface area contributed by atoms with Gasteiger partial charge in [0.1, 0.15) is 0 Å². The average Bonchev–Trinajstić information content (AvgIpc) is 2.60. The first-order chi connectivity index (χ1) is 7.75. The van der Waals surface area contributed by atoms with Gasteiger partial charge in [-0.2, -0.15) is 0 Å². The zero-order valence-corrected chi connectivity index (χ0v) is 11.0. The van der Waals surface area contributed by atoms with Crippen molar-refractivity contribution in [2.45, 2.75) is 19.8 Å². The predicted octanol–water partition coefficient (Wildman–Crippen LogP) is 4.98. The van der Waals surface area contributed by atoms with E-state index in [-0.39, 0.29) is 0 Å². The number of halogens is 1. The van der Waals surface area contributed by atoms with Crippen LogP contribution in [0.4, 0.5) is 0 Å². The van der Waals surface area contributed by atoms with Gasteiger partial charge in [0.25, 0.3) is 0 Å². The summed E-state index contributed by atoms with van der Waals surface area (Å²) in [6, 6.07) is 0. The van der Waals surface area contributed by atoms with Gasteiger partial charge >= 0.3 is 0 Å². The van der Waals surface area contributed by atoms with Gasteiger partial charge in [0.05, 0.1) is 0 Å². The molecule has 2 aliphatic rings. The lowest BCUT2D eigenvalue weighted by Crippen LogP contribution is -1.83. The van der Waals surface area contributed by atoms with Crippen LogP contribution in [0.15, 0.2) is 69.8 Å². The Morgan fingerprint density at radius 1 is 1.12 bits per heavy atom. The molecule has 0 saturated carbocycles. The summed E-state index contributed by atoms with van der Waals surface area (Å²) in [6.07, 6.45) is 19.6. The molecule has 0 amide bonds. The summed E-state index contributed by atoms with van der Waals surface area (Å²) in [6.45, 7) is 2.17. The van der Waals surface area contributed by atoms with E-state index in [0.717, 1.165) is 17.3 Å². The molecule has 0 N–H and O–H groups in total. The van der Waals surface area contributed by atoms with E-state index in [1.54, 1.807) is 0 Å². The number of hydrogen-bond acceptors (Lipinski definition) is 0. The van der Waals surface area contributed by atoms with Crippen LogP contribution in [-0.4, -0.2) is 0 Å². The van der Waals surface area contributed by atoms with Crippen LogP contribution in [0.2, 0.25) is 0 Å². The highest BCUT2D eigenvalue weighted by Gasteiger charge is 2.04. The van der Waals surface area contributed by atoms with Crippen molar-refractivity contribution < 1.29 is 0 Å². The number of rotatable bonds is 1. The second-order valence-corrected chi connectivity index (χ2v) is 4.99. The molecule has 0 aromatic carbocycles. The van der Waals surface area contributed by atoms with Gasteiger partial charge in [0.15, 0.2) is 0 Å². The Bertz CT molecular complexity index is 454. The molecule has 0 atom stereocenters. The summed E-state index contributed by atoms with van der Waals surface area (Å²) in [5.74, 6) is 0. The molecule has 0 radical (unpaired) electrons. The van der Waals surface area contributed by atoms with E-state index in [9.17, 15) is 0 Å². The summed E-state index contributed by atoms with van der Waals surface area (Å²) < 4.78 is 1.16. The lowest BCUT2D eigenvalue weighted by Gasteiger charge is -2.03. The highest BCUT2D eigenvalue weighted by Crippen LogP contribution is 2.25. The van der Waals surface area contributed by atoms with Crippen molar-refractivity contribution >= 4 is 15.9 Å². The second kappa shape index (κ2) is 5.31. The fourth-order valence-corrected chi connectivity index (χ4v) is 2.18. The van der Waals surface area contributed by atoms with Gasteiger partial charge in [0.2, 0.25) is 0 Å². The van der Waals surface area contributed by atoms with Crippen molar-refractivity contribution in [2.24, 2.45) is 0 Å². The minimum atomic E-state index is 1.02. The molecule has 0 spiro atoms. The largest absolute Gasteiger partial charge is 0.0807 e. The molecule has 0 unspecified atom stereocenters. The minimum Gasteiger partial charge on any atom is -0.0807 e. The van der Waals surface area contributed by atoms with Gasteiger partial charge in [-0.25, -0.2) is 0 Å². The summed E-state index contributed by atoms with van der Waals surface area (Å²) >= 11 is 3.57. The Morgan fingerprint density at radius 3 is 2.88 bits per heavy atom. The first kappa shape index (κ1) is 11.4. The molecule has 0 heterocycles. The molecule has 0 nitrogen and oxygen atoms in total. The first-order valence-electron chi connectivity index (χ1n) is 5.54. The van der Waals surface area contributed by atoms with E-state index in [1.807, 2.05) is 0 Å². The lowest BCUT2D eigenvalue weighted by atomic mass is 10.0. The molecule has 0 aromatic heterocycles. The quantitative estimate of drug-likeness (QED) is 0.632. The smallest absolute Gasteiger partial charge is 0.0144 e. The summed E-state index contributed by atoms with van der Waals surface area (Å²) in [5.41, 5.74) is 3.95. The van der Waals surface area contributed by atoms with Crippen molar-refractivity contribution in [3.8, 4) is 0 Å². The molecular formula is C15H15Br. The normalized spacial score (nSPS) is 20.4. The van der Waals surface area contributed by atoms with E-state index >= 15 is 0 Å². The average molecular weight is 275 g/mol. The predicted molar refractivity (Wildman–Crippen MR) is 74.4 cm³/mol. The monoisotopic (exact) mass is 274 g/mol. The maximum atomic E-state index is 3.57. The van der Waals surface area contributed by atoms with E-state index in [0.29, 0.717) is 0 Å². The highest BCUT2D eigenvalue weighted by molar-refractivity contribution is 9.11. The number of allylic oxidation sites excluding steroid dienone is 12. The second-order valence-electron chi connectivity index (χ2n) is 4.07. The van der Waals surface area contributed by atoms with Crippen molar-refractivity contribution in [3.63, 3.8) is 0 Å². The zero-order valence-electron chi connectivity index (χ0n) is 9.41. The molecule has 82 valence electrons. The van der Waals surface area contributed by atoms with Gasteiger partial charge in [-0.1, -0.05) is 64.0 Å². The van der Waals surface area contributed by atoms with Crippen LogP contribution in [0.5, 0.6) is 0 Å². The Labute approximate surface area is 106 Å². The Hall–Kier alpha value is -1.08. The van der Waals surface area contributed by atoms with Gasteiger partial charge in [-0.15, -0.1) is 0 Å². The third-order valence-corrected chi connectivity index (χ3v) is 3.18. The van der Waals surface area contributed by atoms with Crippen molar-refractivity contribution in [3.05, 3.63) is 69.8 Å². The van der Waals surface area contributed by atoms with E-state index < -0.39 is 0 Å². The van der Waals surface area contributed by atoms with Crippen LogP contribution in [0.3, 0.4) is 0 Å². The fourth-order valence-electron chi connectivity index (χ4n) is 1.77. The van der Waals surface area contributed by atoms with Crippen LogP contribution >= 0.6 is 15.9 Å². The SMILES string of the molecule is CC1=CC(C2=CC=CCC=C2)=CC(Br)=CC1. The van der Waals surface area contributed by atoms with Crippen LogP contribution in [0.1, 0.15) is 19.8 Å². The summed E-state index contributed by atoms with van der Waals surface area (Å²) in [7, 11) is 0. The van der Waals surface area contributed by atoms with Crippen molar-refractivity contribution in [1.82, 2.24) is 0 Å². The summed E-state index contributed by atoms with van der Waals surface area (Å²) in [5, 5.41) is 0. The molecular weight excluding hydrogens is 260 g/mol.